The monoisotopic (exact) mass is 586 g/mol. The molecule has 4 rings (SSSR count). The Labute approximate surface area is 240 Å². The van der Waals surface area contributed by atoms with Gasteiger partial charge in [-0.25, -0.2) is 8.42 Å². The Morgan fingerprint density at radius 1 is 1.12 bits per heavy atom. The molecular weight excluding hydrogens is 552 g/mol. The second kappa shape index (κ2) is 11.8. The average molecular weight is 587 g/mol. The fourth-order valence-corrected chi connectivity index (χ4v) is 6.27. The first kappa shape index (κ1) is 29.9. The number of pyridine rings is 1. The van der Waals surface area contributed by atoms with E-state index in [9.17, 15) is 18.0 Å². The number of hydrogen-bond acceptors (Lipinski definition) is 6. The molecule has 1 saturated heterocycles. The number of rotatable bonds is 9. The van der Waals surface area contributed by atoms with E-state index in [2.05, 4.69) is 9.71 Å². The molecule has 3 aromatic rings. The molecule has 11 heteroatoms. The van der Waals surface area contributed by atoms with Crippen LogP contribution in [0.15, 0.2) is 65.8 Å². The Morgan fingerprint density at radius 3 is 2.45 bits per heavy atom. The van der Waals surface area contributed by atoms with Crippen molar-refractivity contribution in [1.29, 1.82) is 0 Å². The van der Waals surface area contributed by atoms with Crippen molar-refractivity contribution in [2.75, 3.05) is 6.54 Å². The summed E-state index contributed by atoms with van der Waals surface area (Å²) in [7, 11) is -3.99. The first-order valence-electron chi connectivity index (χ1n) is 13.1. The summed E-state index contributed by atoms with van der Waals surface area (Å²) in [6.07, 6.45) is 2.99. The van der Waals surface area contributed by atoms with E-state index in [1.54, 1.807) is 61.5 Å². The second-order valence-corrected chi connectivity index (χ2v) is 13.1. The van der Waals surface area contributed by atoms with Crippen LogP contribution in [0.5, 0.6) is 0 Å². The third-order valence-corrected chi connectivity index (χ3v) is 8.50. The summed E-state index contributed by atoms with van der Waals surface area (Å²) >= 11 is 6.04. The van der Waals surface area contributed by atoms with Gasteiger partial charge in [-0.3, -0.25) is 14.6 Å². The largest absolute Gasteiger partial charge is 0.353 e. The lowest BCUT2D eigenvalue weighted by Crippen LogP contribution is -2.53. The standard InChI is InChI=1S/C29H35ClN4O5S/c1-19(27(35)34(20(2)39-29(3,4)5)18-21-10-13-31-14-11-21)33-15-12-26(28(33)36)32-40(37,38)25-9-7-22-16-24(30)8-6-23(22)17-25/h6-11,13-14,16-17,19-20,26,32H,12,15,18H2,1-5H3/t19-,20-,26-/m0/s1. The number of likely N-dealkylation sites (tertiary alicyclic amines) is 1. The van der Waals surface area contributed by atoms with Gasteiger partial charge in [0.1, 0.15) is 18.3 Å². The molecule has 2 heterocycles. The highest BCUT2D eigenvalue weighted by Gasteiger charge is 2.41. The van der Waals surface area contributed by atoms with Crippen molar-refractivity contribution in [3.63, 3.8) is 0 Å². The number of nitrogens with one attached hydrogen (secondary N) is 1. The molecule has 1 aliphatic heterocycles. The topological polar surface area (TPSA) is 109 Å². The molecule has 0 radical (unpaired) electrons. The minimum Gasteiger partial charge on any atom is -0.353 e. The van der Waals surface area contributed by atoms with Gasteiger partial charge in [-0.15, -0.1) is 0 Å². The third-order valence-electron chi connectivity index (χ3n) is 6.79. The lowest BCUT2D eigenvalue weighted by atomic mass is 10.1. The molecule has 2 amide bonds. The van der Waals surface area contributed by atoms with Gasteiger partial charge in [0, 0.05) is 30.5 Å². The van der Waals surface area contributed by atoms with E-state index in [0.29, 0.717) is 10.4 Å². The Hall–Kier alpha value is -3.05. The summed E-state index contributed by atoms with van der Waals surface area (Å²) in [5.74, 6) is -0.733. The third kappa shape index (κ3) is 6.98. The van der Waals surface area contributed by atoms with Gasteiger partial charge >= 0.3 is 0 Å². The van der Waals surface area contributed by atoms with Gasteiger partial charge in [0.15, 0.2) is 0 Å². The van der Waals surface area contributed by atoms with E-state index in [-0.39, 0.29) is 30.3 Å². The van der Waals surface area contributed by atoms with Crippen LogP contribution in [0.4, 0.5) is 0 Å². The minimum atomic E-state index is -3.99. The van der Waals surface area contributed by atoms with E-state index in [1.165, 1.54) is 11.0 Å². The Morgan fingerprint density at radius 2 is 1.77 bits per heavy atom. The molecule has 1 aliphatic rings. The summed E-state index contributed by atoms with van der Waals surface area (Å²) in [5, 5.41) is 2.08. The predicted molar refractivity (Wildman–Crippen MR) is 154 cm³/mol. The zero-order chi connectivity index (χ0) is 29.2. The summed E-state index contributed by atoms with van der Waals surface area (Å²) in [6, 6.07) is 11.7. The number of halogens is 1. The first-order valence-corrected chi connectivity index (χ1v) is 15.0. The second-order valence-electron chi connectivity index (χ2n) is 11.0. The number of fused-ring (bicyclic) bond motifs is 1. The van der Waals surface area contributed by atoms with Crippen LogP contribution in [-0.4, -0.2) is 65.5 Å². The van der Waals surface area contributed by atoms with Gasteiger partial charge < -0.3 is 14.5 Å². The van der Waals surface area contributed by atoms with Gasteiger partial charge in [0.2, 0.25) is 21.8 Å². The van der Waals surface area contributed by atoms with Crippen LogP contribution < -0.4 is 4.72 Å². The zero-order valence-electron chi connectivity index (χ0n) is 23.3. The molecule has 1 fully saturated rings. The van der Waals surface area contributed by atoms with Crippen LogP contribution in [0.25, 0.3) is 10.8 Å². The molecule has 0 saturated carbocycles. The van der Waals surface area contributed by atoms with Gasteiger partial charge in [-0.05, 0) is 93.8 Å². The maximum Gasteiger partial charge on any atom is 0.247 e. The maximum absolute atomic E-state index is 13.8. The summed E-state index contributed by atoms with van der Waals surface area (Å²) in [5.41, 5.74) is 0.373. The molecule has 0 spiro atoms. The van der Waals surface area contributed by atoms with Gasteiger partial charge in [-0.1, -0.05) is 23.7 Å². The zero-order valence-corrected chi connectivity index (χ0v) is 24.9. The lowest BCUT2D eigenvalue weighted by Gasteiger charge is -2.37. The Bertz CT molecular complexity index is 1490. The number of amides is 2. The number of hydrogen-bond donors (Lipinski definition) is 1. The van der Waals surface area contributed by atoms with Crippen LogP contribution in [0, 0.1) is 0 Å². The number of benzene rings is 2. The SMILES string of the molecule is C[C@H](OC(C)(C)C)N(Cc1ccncc1)C(=O)[C@H](C)N1CC[C@H](NS(=O)(=O)c2ccc3cc(Cl)ccc3c2)C1=O. The highest BCUT2D eigenvalue weighted by Crippen LogP contribution is 2.25. The summed E-state index contributed by atoms with van der Waals surface area (Å²) in [4.78, 5) is 34.2. The van der Waals surface area contributed by atoms with Crippen molar-refractivity contribution >= 4 is 44.2 Å². The average Bonchev–Trinajstić information content (AvgIpc) is 3.24. The van der Waals surface area contributed by atoms with Crippen molar-refractivity contribution < 1.29 is 22.7 Å². The van der Waals surface area contributed by atoms with E-state index < -0.39 is 39.8 Å². The lowest BCUT2D eigenvalue weighted by molar-refractivity contribution is -0.166. The van der Waals surface area contributed by atoms with Crippen molar-refractivity contribution in [3.8, 4) is 0 Å². The smallest absolute Gasteiger partial charge is 0.247 e. The summed E-state index contributed by atoms with van der Waals surface area (Å²) < 4.78 is 35.0. The van der Waals surface area contributed by atoms with E-state index >= 15 is 0 Å². The molecule has 2 aromatic carbocycles. The normalized spacial score (nSPS) is 17.7. The maximum atomic E-state index is 13.8. The van der Waals surface area contributed by atoms with Crippen LogP contribution in [-0.2, 0) is 30.9 Å². The fraction of sp³-hybridized carbons (Fsp3) is 0.414. The number of ether oxygens (including phenoxy) is 1. The van der Waals surface area contributed by atoms with Crippen LogP contribution in [0.2, 0.25) is 5.02 Å². The van der Waals surface area contributed by atoms with E-state index in [4.69, 9.17) is 16.3 Å². The summed E-state index contributed by atoms with van der Waals surface area (Å²) in [6.45, 7) is 9.71. The molecule has 3 atom stereocenters. The van der Waals surface area contributed by atoms with Crippen LogP contribution in [0.1, 0.15) is 46.6 Å². The van der Waals surface area contributed by atoms with Gasteiger partial charge in [0.05, 0.1) is 10.5 Å². The highest BCUT2D eigenvalue weighted by molar-refractivity contribution is 7.89. The van der Waals surface area contributed by atoms with Crippen LogP contribution >= 0.6 is 11.6 Å². The molecule has 1 aromatic heterocycles. The van der Waals surface area contributed by atoms with Crippen LogP contribution in [0.3, 0.4) is 0 Å². The Kier molecular flexibility index (Phi) is 8.84. The van der Waals surface area contributed by atoms with Gasteiger partial charge in [0.25, 0.3) is 0 Å². The van der Waals surface area contributed by atoms with E-state index in [1.807, 2.05) is 32.9 Å². The molecule has 0 unspecified atom stereocenters. The number of aromatic nitrogens is 1. The van der Waals surface area contributed by atoms with Crippen molar-refractivity contribution in [1.82, 2.24) is 19.5 Å². The minimum absolute atomic E-state index is 0.0503. The first-order chi connectivity index (χ1) is 18.7. The molecule has 0 bridgehead atoms. The molecule has 40 heavy (non-hydrogen) atoms. The fourth-order valence-electron chi connectivity index (χ4n) is 4.83. The number of nitrogens with zero attached hydrogens (tertiary/aromatic N) is 3. The van der Waals surface area contributed by atoms with Crippen molar-refractivity contribution in [3.05, 3.63) is 71.5 Å². The molecule has 0 aliphatic carbocycles. The molecular formula is C29H35ClN4O5S. The molecule has 214 valence electrons. The van der Waals surface area contributed by atoms with Gasteiger partial charge in [-0.2, -0.15) is 4.72 Å². The van der Waals surface area contributed by atoms with Crippen molar-refractivity contribution in [2.24, 2.45) is 0 Å². The Balaban J connectivity index is 1.49. The van der Waals surface area contributed by atoms with Crippen molar-refractivity contribution in [2.45, 2.75) is 76.4 Å². The van der Waals surface area contributed by atoms with E-state index in [0.717, 1.165) is 10.9 Å². The quantitative estimate of drug-likeness (QED) is 0.374. The molecule has 1 N–H and O–H groups in total. The predicted octanol–water partition coefficient (Wildman–Crippen LogP) is 4.35. The highest BCUT2D eigenvalue weighted by atomic mass is 35.5. The number of sulfonamides is 1. The number of carbonyl (C=O) groups excluding carboxylic acids is 2. The number of carbonyl (C=O) groups is 2. The molecule has 9 nitrogen and oxygen atoms in total.